The molecule has 0 saturated carbocycles. The minimum absolute atomic E-state index is 0.0640. The first-order chi connectivity index (χ1) is 13.6. The quantitative estimate of drug-likeness (QED) is 0.432. The fourth-order valence-corrected chi connectivity index (χ4v) is 3.47. The van der Waals surface area contributed by atoms with Crippen LogP contribution in [0.5, 0.6) is 5.75 Å². The second-order valence-electron chi connectivity index (χ2n) is 5.87. The number of nitrogens with zero attached hydrogens (tertiary/aromatic N) is 3. The highest BCUT2D eigenvalue weighted by Gasteiger charge is 2.13. The normalized spacial score (nSPS) is 10.6. The van der Waals surface area contributed by atoms with E-state index in [-0.39, 0.29) is 5.91 Å². The number of nitrogen functional groups attached to an aromatic ring is 1. The zero-order valence-corrected chi connectivity index (χ0v) is 16.8. The Morgan fingerprint density at radius 3 is 2.68 bits per heavy atom. The van der Waals surface area contributed by atoms with E-state index in [1.807, 2.05) is 42.5 Å². The summed E-state index contributed by atoms with van der Waals surface area (Å²) in [6.45, 7) is 0.401. The van der Waals surface area contributed by atoms with Gasteiger partial charge in [-0.15, -0.1) is 10.2 Å². The van der Waals surface area contributed by atoms with Crippen molar-refractivity contribution < 1.29 is 9.53 Å². The Labute approximate surface area is 172 Å². The predicted molar refractivity (Wildman–Crippen MR) is 111 cm³/mol. The molecule has 0 aliphatic heterocycles. The van der Waals surface area contributed by atoms with Gasteiger partial charge in [0.15, 0.2) is 5.82 Å². The van der Waals surface area contributed by atoms with E-state index < -0.39 is 0 Å². The summed E-state index contributed by atoms with van der Waals surface area (Å²) in [5.74, 6) is 7.87. The van der Waals surface area contributed by atoms with Crippen LogP contribution in [0.1, 0.15) is 12.0 Å². The number of nitrogens with two attached hydrogens (primary N) is 1. The topological polar surface area (TPSA) is 95.1 Å². The van der Waals surface area contributed by atoms with Gasteiger partial charge in [0.05, 0.1) is 7.11 Å². The maximum atomic E-state index is 12.0. The molecule has 2 aromatic carbocycles. The summed E-state index contributed by atoms with van der Waals surface area (Å²) in [4.78, 5) is 12.0. The lowest BCUT2D eigenvalue weighted by Gasteiger charge is -2.07. The zero-order valence-electron chi connectivity index (χ0n) is 15.3. The number of amides is 1. The standard InChI is InChI=1S/C19H20ClN5O2S/c1-27-15-8-6-13(7-9-15)18-23-24-19(25(18)21)28-11-10-17(26)22-12-14-4-2-3-5-16(14)20/h2-9H,10-12,21H2,1H3,(H,22,26). The van der Waals surface area contributed by atoms with Crippen molar-refractivity contribution in [1.29, 1.82) is 0 Å². The molecule has 0 aliphatic rings. The number of carbonyl (C=O) groups excluding carboxylic acids is 1. The van der Waals surface area contributed by atoms with Crippen LogP contribution >= 0.6 is 23.4 Å². The first-order valence-corrected chi connectivity index (χ1v) is 9.92. The number of methoxy groups -OCH3 is 1. The van der Waals surface area contributed by atoms with Gasteiger partial charge in [0, 0.05) is 29.3 Å². The maximum absolute atomic E-state index is 12.0. The summed E-state index contributed by atoms with van der Waals surface area (Å²) in [7, 11) is 1.61. The lowest BCUT2D eigenvalue weighted by molar-refractivity contribution is -0.120. The number of nitrogens with one attached hydrogen (secondary N) is 1. The molecule has 146 valence electrons. The maximum Gasteiger partial charge on any atom is 0.221 e. The molecule has 0 radical (unpaired) electrons. The van der Waals surface area contributed by atoms with Gasteiger partial charge in [0.1, 0.15) is 5.75 Å². The van der Waals surface area contributed by atoms with Gasteiger partial charge in [0.25, 0.3) is 0 Å². The van der Waals surface area contributed by atoms with Crippen molar-refractivity contribution in [1.82, 2.24) is 20.2 Å². The molecule has 0 saturated heterocycles. The first-order valence-electron chi connectivity index (χ1n) is 8.56. The fraction of sp³-hybridized carbons (Fsp3) is 0.211. The van der Waals surface area contributed by atoms with Gasteiger partial charge >= 0.3 is 0 Å². The minimum Gasteiger partial charge on any atom is -0.497 e. The van der Waals surface area contributed by atoms with Crippen molar-refractivity contribution in [2.75, 3.05) is 18.7 Å². The largest absolute Gasteiger partial charge is 0.497 e. The molecule has 1 heterocycles. The molecule has 0 bridgehead atoms. The summed E-state index contributed by atoms with van der Waals surface area (Å²) in [5.41, 5.74) is 1.72. The number of hydrogen-bond acceptors (Lipinski definition) is 6. The molecular weight excluding hydrogens is 398 g/mol. The number of carbonyl (C=O) groups is 1. The minimum atomic E-state index is -0.0640. The van der Waals surface area contributed by atoms with Gasteiger partial charge in [-0.2, -0.15) is 0 Å². The van der Waals surface area contributed by atoms with Crippen LogP contribution in [0.15, 0.2) is 53.7 Å². The average molecular weight is 418 g/mol. The van der Waals surface area contributed by atoms with Crippen LogP contribution in [-0.2, 0) is 11.3 Å². The summed E-state index contributed by atoms with van der Waals surface area (Å²) in [6.07, 6.45) is 0.333. The number of hydrogen-bond donors (Lipinski definition) is 2. The fourth-order valence-electron chi connectivity index (χ4n) is 2.47. The van der Waals surface area contributed by atoms with Crippen LogP contribution < -0.4 is 15.9 Å². The second-order valence-corrected chi connectivity index (χ2v) is 7.34. The molecule has 0 spiro atoms. The SMILES string of the molecule is COc1ccc(-c2nnc(SCCC(=O)NCc3ccccc3Cl)n2N)cc1. The Bertz CT molecular complexity index is 946. The number of halogens is 1. The third kappa shape index (κ3) is 4.96. The lowest BCUT2D eigenvalue weighted by atomic mass is 10.2. The average Bonchev–Trinajstić information content (AvgIpc) is 3.08. The smallest absolute Gasteiger partial charge is 0.221 e. The van der Waals surface area contributed by atoms with E-state index in [1.54, 1.807) is 13.2 Å². The lowest BCUT2D eigenvalue weighted by Crippen LogP contribution is -2.23. The Morgan fingerprint density at radius 2 is 1.96 bits per heavy atom. The van der Waals surface area contributed by atoms with E-state index in [9.17, 15) is 4.79 Å². The second kappa shape index (κ2) is 9.48. The highest BCUT2D eigenvalue weighted by molar-refractivity contribution is 7.99. The first kappa shape index (κ1) is 20.0. The van der Waals surface area contributed by atoms with E-state index >= 15 is 0 Å². The van der Waals surface area contributed by atoms with Crippen molar-refractivity contribution in [3.63, 3.8) is 0 Å². The van der Waals surface area contributed by atoms with Crippen molar-refractivity contribution in [3.05, 3.63) is 59.1 Å². The molecule has 1 amide bonds. The van der Waals surface area contributed by atoms with Gasteiger partial charge in [0.2, 0.25) is 11.1 Å². The summed E-state index contributed by atoms with van der Waals surface area (Å²) < 4.78 is 6.57. The van der Waals surface area contributed by atoms with Gasteiger partial charge < -0.3 is 15.9 Å². The van der Waals surface area contributed by atoms with E-state index in [0.29, 0.717) is 34.7 Å². The van der Waals surface area contributed by atoms with Crippen LogP contribution in [0.2, 0.25) is 5.02 Å². The van der Waals surface area contributed by atoms with Crippen molar-refractivity contribution >= 4 is 29.3 Å². The Kier molecular flexibility index (Phi) is 6.78. The van der Waals surface area contributed by atoms with Crippen molar-refractivity contribution in [3.8, 4) is 17.1 Å². The number of benzene rings is 2. The summed E-state index contributed by atoms with van der Waals surface area (Å²) in [5, 5.41) is 12.3. The molecule has 0 unspecified atom stereocenters. The summed E-state index contributed by atoms with van der Waals surface area (Å²) in [6, 6.07) is 14.8. The van der Waals surface area contributed by atoms with Crippen LogP contribution in [0, 0.1) is 0 Å². The molecular formula is C19H20ClN5O2S. The molecule has 0 atom stereocenters. The predicted octanol–water partition coefficient (Wildman–Crippen LogP) is 3.12. The molecule has 3 aromatic rings. The molecule has 0 fully saturated rings. The van der Waals surface area contributed by atoms with E-state index in [2.05, 4.69) is 15.5 Å². The Hall–Kier alpha value is -2.71. The monoisotopic (exact) mass is 417 g/mol. The molecule has 3 rings (SSSR count). The number of aromatic nitrogens is 3. The van der Waals surface area contributed by atoms with Gasteiger partial charge in [-0.1, -0.05) is 41.6 Å². The van der Waals surface area contributed by atoms with Crippen LogP contribution in [0.4, 0.5) is 0 Å². The third-order valence-corrected chi connectivity index (χ3v) is 5.32. The van der Waals surface area contributed by atoms with Crippen molar-refractivity contribution in [2.45, 2.75) is 18.1 Å². The molecule has 3 N–H and O–H groups in total. The Balaban J connectivity index is 1.50. The Morgan fingerprint density at radius 1 is 1.21 bits per heavy atom. The summed E-state index contributed by atoms with van der Waals surface area (Å²) >= 11 is 7.46. The van der Waals surface area contributed by atoms with E-state index in [4.69, 9.17) is 22.2 Å². The highest BCUT2D eigenvalue weighted by Crippen LogP contribution is 2.23. The number of thioether (sulfide) groups is 1. The molecule has 1 aromatic heterocycles. The van der Waals surface area contributed by atoms with Crippen LogP contribution in [0.3, 0.4) is 0 Å². The molecule has 28 heavy (non-hydrogen) atoms. The zero-order chi connectivity index (χ0) is 19.9. The molecule has 9 heteroatoms. The van der Waals surface area contributed by atoms with Gasteiger partial charge in [-0.3, -0.25) is 4.79 Å². The van der Waals surface area contributed by atoms with E-state index in [0.717, 1.165) is 16.9 Å². The third-order valence-electron chi connectivity index (χ3n) is 4.01. The number of rotatable bonds is 8. The van der Waals surface area contributed by atoms with Crippen LogP contribution in [0.25, 0.3) is 11.4 Å². The molecule has 0 aliphatic carbocycles. The van der Waals surface area contributed by atoms with E-state index in [1.165, 1.54) is 16.4 Å². The highest BCUT2D eigenvalue weighted by atomic mass is 35.5. The van der Waals surface area contributed by atoms with Crippen LogP contribution in [-0.4, -0.2) is 33.6 Å². The molecule has 7 nitrogen and oxygen atoms in total. The van der Waals surface area contributed by atoms with Crippen molar-refractivity contribution in [2.24, 2.45) is 0 Å². The van der Waals surface area contributed by atoms with Gasteiger partial charge in [-0.25, -0.2) is 4.68 Å². The van der Waals surface area contributed by atoms with Gasteiger partial charge in [-0.05, 0) is 35.9 Å². The number of ether oxygens (including phenoxy) is 1.